The molecule has 3 rings (SSSR count). The van der Waals surface area contributed by atoms with Gasteiger partial charge in [0, 0.05) is 17.6 Å². The number of hydrogen-bond donors (Lipinski definition) is 1. The van der Waals surface area contributed by atoms with Crippen LogP contribution in [0.2, 0.25) is 0 Å². The molecule has 2 aromatic carbocycles. The number of nitrogens with zero attached hydrogens (tertiary/aromatic N) is 3. The van der Waals surface area contributed by atoms with Crippen LogP contribution in [0.25, 0.3) is 0 Å². The van der Waals surface area contributed by atoms with E-state index in [9.17, 15) is 4.79 Å². The minimum atomic E-state index is -0.200. The van der Waals surface area contributed by atoms with Gasteiger partial charge in [0.1, 0.15) is 12.1 Å². The van der Waals surface area contributed by atoms with E-state index in [0.717, 1.165) is 21.3 Å². The molecule has 1 heterocycles. The van der Waals surface area contributed by atoms with Gasteiger partial charge in [-0.1, -0.05) is 17.7 Å². The molecule has 1 N–H and O–H groups in total. The van der Waals surface area contributed by atoms with Gasteiger partial charge < -0.3 is 14.6 Å². The molecule has 0 radical (unpaired) electrons. The van der Waals surface area contributed by atoms with Gasteiger partial charge in [-0.15, -0.1) is 10.2 Å². The smallest absolute Gasteiger partial charge is 0.262 e. The molecular weight excluding hydrogens is 336 g/mol. The van der Waals surface area contributed by atoms with Gasteiger partial charge in [-0.2, -0.15) is 0 Å². The van der Waals surface area contributed by atoms with Crippen molar-refractivity contribution in [3.63, 3.8) is 0 Å². The average Bonchev–Trinajstić information content (AvgIpc) is 3.01. The van der Waals surface area contributed by atoms with Crippen LogP contribution in [-0.2, 0) is 11.8 Å². The number of nitrogens with one attached hydrogen (secondary N) is 1. The topological polar surface area (TPSA) is 69.0 Å². The molecule has 128 valence electrons. The van der Waals surface area contributed by atoms with Crippen LogP contribution in [0.15, 0.2) is 64.9 Å². The summed E-state index contributed by atoms with van der Waals surface area (Å²) in [7, 11) is 1.89. The molecule has 6 nitrogen and oxygen atoms in total. The number of aromatic nitrogens is 3. The van der Waals surface area contributed by atoms with Crippen molar-refractivity contribution in [3.05, 3.63) is 60.4 Å². The third-order valence-corrected chi connectivity index (χ3v) is 4.47. The highest BCUT2D eigenvalue weighted by molar-refractivity contribution is 7.99. The monoisotopic (exact) mass is 354 g/mol. The van der Waals surface area contributed by atoms with Crippen LogP contribution in [0.1, 0.15) is 5.56 Å². The molecule has 1 aromatic heterocycles. The number of benzene rings is 2. The maximum Gasteiger partial charge on any atom is 0.262 e. The summed E-state index contributed by atoms with van der Waals surface area (Å²) in [4.78, 5) is 13.0. The highest BCUT2D eigenvalue weighted by Crippen LogP contribution is 2.26. The van der Waals surface area contributed by atoms with Crippen LogP contribution < -0.4 is 10.1 Å². The summed E-state index contributed by atoms with van der Waals surface area (Å²) in [5, 5.41) is 11.5. The fraction of sp³-hybridized carbons (Fsp3) is 0.167. The van der Waals surface area contributed by atoms with Crippen molar-refractivity contribution in [1.82, 2.24) is 14.8 Å². The Balaban J connectivity index is 1.51. The molecule has 0 saturated heterocycles. The van der Waals surface area contributed by atoms with Crippen LogP contribution in [-0.4, -0.2) is 27.3 Å². The molecule has 0 aliphatic rings. The Bertz CT molecular complexity index is 844. The first-order valence-electron chi connectivity index (χ1n) is 7.71. The highest BCUT2D eigenvalue weighted by atomic mass is 32.2. The second-order valence-electron chi connectivity index (χ2n) is 5.50. The molecule has 7 heteroatoms. The van der Waals surface area contributed by atoms with Crippen molar-refractivity contribution in [2.24, 2.45) is 7.05 Å². The minimum absolute atomic E-state index is 0.0293. The summed E-state index contributed by atoms with van der Waals surface area (Å²) >= 11 is 1.51. The number of hydrogen-bond acceptors (Lipinski definition) is 5. The molecule has 0 aliphatic carbocycles. The number of rotatable bonds is 6. The quantitative estimate of drug-likeness (QED) is 0.736. The Kier molecular flexibility index (Phi) is 5.35. The molecule has 0 bridgehead atoms. The van der Waals surface area contributed by atoms with Crippen molar-refractivity contribution >= 4 is 23.4 Å². The number of ether oxygens (including phenoxy) is 1. The molecule has 0 unspecified atom stereocenters. The van der Waals surface area contributed by atoms with Crippen molar-refractivity contribution < 1.29 is 9.53 Å². The van der Waals surface area contributed by atoms with E-state index in [2.05, 4.69) is 15.5 Å². The largest absolute Gasteiger partial charge is 0.484 e. The maximum absolute atomic E-state index is 12.0. The van der Waals surface area contributed by atoms with Crippen LogP contribution >= 0.6 is 11.8 Å². The van der Waals surface area contributed by atoms with Gasteiger partial charge in [0.05, 0.1) is 0 Å². The van der Waals surface area contributed by atoms with Gasteiger partial charge in [0.25, 0.3) is 5.91 Å². The number of anilines is 1. The zero-order chi connectivity index (χ0) is 17.6. The molecule has 1 amide bonds. The first-order chi connectivity index (χ1) is 12.1. The van der Waals surface area contributed by atoms with E-state index in [1.807, 2.05) is 67.1 Å². The fourth-order valence-electron chi connectivity index (χ4n) is 2.06. The standard InChI is InChI=1S/C18H18N4O2S/c1-13-3-7-15(8-4-13)24-11-17(23)20-14-5-9-16(10-6-14)25-18-21-19-12-22(18)2/h3-10,12H,11H2,1-2H3,(H,20,23). The predicted octanol–water partition coefficient (Wildman–Crippen LogP) is 3.29. The second kappa shape index (κ2) is 7.85. The number of aryl methyl sites for hydroxylation is 2. The van der Waals surface area contributed by atoms with Crippen LogP contribution in [0.3, 0.4) is 0 Å². The van der Waals surface area contributed by atoms with E-state index in [4.69, 9.17) is 4.74 Å². The Hall–Kier alpha value is -2.80. The van der Waals surface area contributed by atoms with Crippen LogP contribution in [0.4, 0.5) is 5.69 Å². The molecule has 0 saturated carbocycles. The number of carbonyl (C=O) groups is 1. The van der Waals surface area contributed by atoms with E-state index in [0.29, 0.717) is 5.75 Å². The summed E-state index contributed by atoms with van der Waals surface area (Å²) < 4.78 is 7.32. The van der Waals surface area contributed by atoms with Gasteiger partial charge in [0.15, 0.2) is 11.8 Å². The normalized spacial score (nSPS) is 10.5. The Morgan fingerprint density at radius 2 is 1.88 bits per heavy atom. The third kappa shape index (κ3) is 4.84. The van der Waals surface area contributed by atoms with Crippen molar-refractivity contribution in [1.29, 1.82) is 0 Å². The lowest BCUT2D eigenvalue weighted by molar-refractivity contribution is -0.118. The van der Waals surface area contributed by atoms with Crippen LogP contribution in [0.5, 0.6) is 5.75 Å². The van der Waals surface area contributed by atoms with Gasteiger partial charge >= 0.3 is 0 Å². The summed E-state index contributed by atoms with van der Waals surface area (Å²) in [6, 6.07) is 15.1. The Labute approximate surface area is 150 Å². The summed E-state index contributed by atoms with van der Waals surface area (Å²) in [6.07, 6.45) is 1.66. The van der Waals surface area contributed by atoms with Gasteiger partial charge in [0.2, 0.25) is 0 Å². The molecule has 0 spiro atoms. The highest BCUT2D eigenvalue weighted by Gasteiger charge is 2.06. The fourth-order valence-corrected chi connectivity index (χ4v) is 2.82. The second-order valence-corrected chi connectivity index (χ2v) is 6.54. The first kappa shape index (κ1) is 17.0. The first-order valence-corrected chi connectivity index (χ1v) is 8.53. The SMILES string of the molecule is Cc1ccc(OCC(=O)Nc2ccc(Sc3nncn3C)cc2)cc1. The summed E-state index contributed by atoms with van der Waals surface area (Å²) in [5.74, 6) is 0.477. The van der Waals surface area contributed by atoms with E-state index >= 15 is 0 Å². The number of amides is 1. The predicted molar refractivity (Wildman–Crippen MR) is 96.9 cm³/mol. The molecule has 25 heavy (non-hydrogen) atoms. The summed E-state index contributed by atoms with van der Waals surface area (Å²) in [6.45, 7) is 1.97. The Morgan fingerprint density at radius 3 is 2.52 bits per heavy atom. The van der Waals surface area contributed by atoms with E-state index in [1.165, 1.54) is 11.8 Å². The molecule has 3 aromatic rings. The van der Waals surface area contributed by atoms with Crippen molar-refractivity contribution in [3.8, 4) is 5.75 Å². The van der Waals surface area contributed by atoms with Gasteiger partial charge in [-0.25, -0.2) is 0 Å². The molecule has 0 aliphatic heterocycles. The van der Waals surface area contributed by atoms with Crippen LogP contribution in [0, 0.1) is 6.92 Å². The van der Waals surface area contributed by atoms with Gasteiger partial charge in [-0.05, 0) is 55.1 Å². The minimum Gasteiger partial charge on any atom is -0.484 e. The maximum atomic E-state index is 12.0. The van der Waals surface area contributed by atoms with Crippen molar-refractivity contribution in [2.45, 2.75) is 17.0 Å². The lowest BCUT2D eigenvalue weighted by Gasteiger charge is -2.08. The van der Waals surface area contributed by atoms with E-state index < -0.39 is 0 Å². The summed E-state index contributed by atoms with van der Waals surface area (Å²) in [5.41, 5.74) is 1.87. The molecular formula is C18H18N4O2S. The zero-order valence-electron chi connectivity index (χ0n) is 14.0. The number of carbonyl (C=O) groups excluding carboxylic acids is 1. The van der Waals surface area contributed by atoms with Gasteiger partial charge in [-0.3, -0.25) is 4.79 Å². The lowest BCUT2D eigenvalue weighted by atomic mass is 10.2. The molecule has 0 atom stereocenters. The molecule has 0 fully saturated rings. The van der Waals surface area contributed by atoms with E-state index in [1.54, 1.807) is 6.33 Å². The average molecular weight is 354 g/mol. The van der Waals surface area contributed by atoms with Crippen molar-refractivity contribution in [2.75, 3.05) is 11.9 Å². The lowest BCUT2D eigenvalue weighted by Crippen LogP contribution is -2.20. The third-order valence-electron chi connectivity index (χ3n) is 3.41. The zero-order valence-corrected chi connectivity index (χ0v) is 14.8. The Morgan fingerprint density at radius 1 is 1.16 bits per heavy atom. The van der Waals surface area contributed by atoms with E-state index in [-0.39, 0.29) is 12.5 Å².